The number of aromatic hydroxyl groups is 1. The van der Waals surface area contributed by atoms with E-state index >= 15 is 0 Å². The zero-order valence-electron chi connectivity index (χ0n) is 15.3. The highest BCUT2D eigenvalue weighted by molar-refractivity contribution is 6.33. The van der Waals surface area contributed by atoms with Crippen molar-refractivity contribution in [3.8, 4) is 28.4 Å². The third-order valence-electron chi connectivity index (χ3n) is 4.23. The second kappa shape index (κ2) is 8.54. The van der Waals surface area contributed by atoms with E-state index in [2.05, 4.69) is 20.5 Å². The van der Waals surface area contributed by atoms with Crippen LogP contribution >= 0.6 is 11.6 Å². The van der Waals surface area contributed by atoms with Crippen LogP contribution in [0.25, 0.3) is 22.6 Å². The van der Waals surface area contributed by atoms with Gasteiger partial charge in [0.1, 0.15) is 5.75 Å². The summed E-state index contributed by atoms with van der Waals surface area (Å²) in [4.78, 5) is 9.15. The van der Waals surface area contributed by atoms with E-state index in [1.54, 1.807) is 30.5 Å². The molecule has 0 aliphatic carbocycles. The van der Waals surface area contributed by atoms with Crippen molar-refractivity contribution in [1.82, 2.24) is 9.97 Å². The van der Waals surface area contributed by atoms with Crippen LogP contribution in [0.1, 0.15) is 5.56 Å². The number of anilines is 1. The van der Waals surface area contributed by atoms with Crippen LogP contribution in [-0.2, 0) is 0 Å². The van der Waals surface area contributed by atoms with Gasteiger partial charge in [0.25, 0.3) is 0 Å². The lowest BCUT2D eigenvalue weighted by Gasteiger charge is -2.09. The number of phenols is 1. The zero-order chi connectivity index (χ0) is 20.1. The van der Waals surface area contributed by atoms with Crippen LogP contribution < -0.4 is 5.43 Å². The number of para-hydroxylation sites is 1. The molecule has 0 saturated carbocycles. The van der Waals surface area contributed by atoms with Crippen molar-refractivity contribution in [1.29, 1.82) is 0 Å². The Morgan fingerprint density at radius 3 is 2.38 bits per heavy atom. The molecule has 1 heterocycles. The minimum absolute atomic E-state index is 0.114. The molecule has 5 nitrogen and oxygen atoms in total. The number of halogens is 1. The average Bonchev–Trinajstić information content (AvgIpc) is 2.76. The number of phenolic OH excluding ortho intramolecular Hbond substituents is 1. The molecule has 4 rings (SSSR count). The molecule has 0 fully saturated rings. The molecule has 6 heteroatoms. The number of aromatic nitrogens is 2. The Labute approximate surface area is 173 Å². The number of hydrogen-bond donors (Lipinski definition) is 2. The molecule has 142 valence electrons. The van der Waals surface area contributed by atoms with Crippen LogP contribution in [0.4, 0.5) is 5.82 Å². The Balaban J connectivity index is 1.72. The van der Waals surface area contributed by atoms with Gasteiger partial charge in [-0.25, -0.2) is 9.97 Å². The molecule has 3 aromatic carbocycles. The van der Waals surface area contributed by atoms with Crippen molar-refractivity contribution in [3.63, 3.8) is 0 Å². The van der Waals surface area contributed by atoms with Crippen LogP contribution in [0.5, 0.6) is 5.75 Å². The minimum Gasteiger partial charge on any atom is -0.507 e. The lowest BCUT2D eigenvalue weighted by molar-refractivity contribution is 0.477. The van der Waals surface area contributed by atoms with Gasteiger partial charge >= 0.3 is 0 Å². The largest absolute Gasteiger partial charge is 0.507 e. The standard InChI is InChI=1S/C23H17ClN4O/c24-19-12-6-4-10-17(19)15-25-28-22-14-20(16-8-2-1-3-9-16)26-23(27-22)18-11-5-7-13-21(18)29/h1-15,29H,(H,26,27,28)/b25-15+. The smallest absolute Gasteiger partial charge is 0.165 e. The summed E-state index contributed by atoms with van der Waals surface area (Å²) in [5.41, 5.74) is 5.93. The van der Waals surface area contributed by atoms with Crippen molar-refractivity contribution in [2.24, 2.45) is 5.10 Å². The van der Waals surface area contributed by atoms with E-state index in [4.69, 9.17) is 11.6 Å². The molecule has 4 aromatic rings. The second-order valence-corrected chi connectivity index (χ2v) is 6.64. The summed E-state index contributed by atoms with van der Waals surface area (Å²) in [6.45, 7) is 0. The SMILES string of the molecule is Oc1ccccc1-c1nc(N/N=C/c2ccccc2Cl)cc(-c2ccccc2)n1. The van der Waals surface area contributed by atoms with E-state index in [-0.39, 0.29) is 5.75 Å². The molecule has 0 unspecified atom stereocenters. The molecule has 29 heavy (non-hydrogen) atoms. The fourth-order valence-corrected chi connectivity index (χ4v) is 2.98. The van der Waals surface area contributed by atoms with Crippen LogP contribution in [-0.4, -0.2) is 21.3 Å². The van der Waals surface area contributed by atoms with Crippen LogP contribution in [0.15, 0.2) is 90.0 Å². The number of hydrogen-bond acceptors (Lipinski definition) is 5. The molecule has 0 saturated heterocycles. The molecule has 0 bridgehead atoms. The van der Waals surface area contributed by atoms with Crippen LogP contribution in [0.3, 0.4) is 0 Å². The highest BCUT2D eigenvalue weighted by Crippen LogP contribution is 2.29. The molecule has 0 spiro atoms. The molecule has 1 aromatic heterocycles. The van der Waals surface area contributed by atoms with Crippen molar-refractivity contribution in [3.05, 3.63) is 95.5 Å². The van der Waals surface area contributed by atoms with Gasteiger partial charge in [-0.3, -0.25) is 5.43 Å². The van der Waals surface area contributed by atoms with Gasteiger partial charge in [-0.05, 0) is 18.2 Å². The minimum atomic E-state index is 0.114. The van der Waals surface area contributed by atoms with Gasteiger partial charge in [-0.2, -0.15) is 5.10 Å². The topological polar surface area (TPSA) is 70.4 Å². The van der Waals surface area contributed by atoms with E-state index in [1.807, 2.05) is 60.7 Å². The Bertz CT molecular complexity index is 1160. The van der Waals surface area contributed by atoms with Gasteiger partial charge in [-0.15, -0.1) is 0 Å². The van der Waals surface area contributed by atoms with Gasteiger partial charge in [0, 0.05) is 22.2 Å². The maximum atomic E-state index is 10.2. The molecule has 0 aliphatic rings. The molecule has 0 amide bonds. The van der Waals surface area contributed by atoms with Crippen molar-refractivity contribution < 1.29 is 5.11 Å². The first-order valence-corrected chi connectivity index (χ1v) is 9.35. The van der Waals surface area contributed by atoms with Crippen LogP contribution in [0.2, 0.25) is 5.02 Å². The van der Waals surface area contributed by atoms with E-state index in [1.165, 1.54) is 0 Å². The van der Waals surface area contributed by atoms with Gasteiger partial charge in [0.05, 0.1) is 17.5 Å². The monoisotopic (exact) mass is 400 g/mol. The lowest BCUT2D eigenvalue weighted by atomic mass is 10.1. The van der Waals surface area contributed by atoms with E-state index < -0.39 is 0 Å². The number of rotatable bonds is 5. The molecule has 0 atom stereocenters. The maximum absolute atomic E-state index is 10.2. The Morgan fingerprint density at radius 2 is 1.59 bits per heavy atom. The van der Waals surface area contributed by atoms with Gasteiger partial charge in [0.2, 0.25) is 0 Å². The van der Waals surface area contributed by atoms with E-state index in [9.17, 15) is 5.11 Å². The first-order valence-electron chi connectivity index (χ1n) is 8.97. The number of benzene rings is 3. The molecule has 0 aliphatic heterocycles. The summed E-state index contributed by atoms with van der Waals surface area (Å²) in [5, 5.41) is 15.1. The van der Waals surface area contributed by atoms with Gasteiger partial charge in [0.15, 0.2) is 11.6 Å². The predicted octanol–water partition coefficient (Wildman–Crippen LogP) is 5.62. The Morgan fingerprint density at radius 1 is 0.862 bits per heavy atom. The first kappa shape index (κ1) is 18.7. The Hall–Kier alpha value is -3.70. The van der Waals surface area contributed by atoms with Gasteiger partial charge in [-0.1, -0.05) is 72.3 Å². The summed E-state index contributed by atoms with van der Waals surface area (Å²) in [5.74, 6) is 1.02. The highest BCUT2D eigenvalue weighted by atomic mass is 35.5. The summed E-state index contributed by atoms with van der Waals surface area (Å²) in [6, 6.07) is 26.0. The summed E-state index contributed by atoms with van der Waals surface area (Å²) in [7, 11) is 0. The van der Waals surface area contributed by atoms with Crippen molar-refractivity contribution in [2.75, 3.05) is 5.43 Å². The summed E-state index contributed by atoms with van der Waals surface area (Å²) >= 11 is 6.16. The number of nitrogens with zero attached hydrogens (tertiary/aromatic N) is 3. The fraction of sp³-hybridized carbons (Fsp3) is 0. The van der Waals surface area contributed by atoms with Gasteiger partial charge < -0.3 is 5.11 Å². The Kier molecular flexibility index (Phi) is 5.49. The van der Waals surface area contributed by atoms with E-state index in [0.29, 0.717) is 27.9 Å². The predicted molar refractivity (Wildman–Crippen MR) is 117 cm³/mol. The summed E-state index contributed by atoms with van der Waals surface area (Å²) < 4.78 is 0. The second-order valence-electron chi connectivity index (χ2n) is 6.24. The first-order chi connectivity index (χ1) is 14.2. The summed E-state index contributed by atoms with van der Waals surface area (Å²) in [6.07, 6.45) is 1.63. The van der Waals surface area contributed by atoms with Crippen molar-refractivity contribution in [2.45, 2.75) is 0 Å². The highest BCUT2D eigenvalue weighted by Gasteiger charge is 2.11. The van der Waals surface area contributed by atoms with Crippen molar-refractivity contribution >= 4 is 23.6 Å². The molecular weight excluding hydrogens is 384 g/mol. The molecular formula is C23H17ClN4O. The fourth-order valence-electron chi connectivity index (χ4n) is 2.79. The normalized spacial score (nSPS) is 10.9. The third kappa shape index (κ3) is 4.42. The average molecular weight is 401 g/mol. The van der Waals surface area contributed by atoms with E-state index in [0.717, 1.165) is 11.1 Å². The lowest BCUT2D eigenvalue weighted by Crippen LogP contribution is -1.99. The number of hydrazone groups is 1. The third-order valence-corrected chi connectivity index (χ3v) is 4.57. The molecule has 2 N–H and O–H groups in total. The number of nitrogens with one attached hydrogen (secondary N) is 1. The molecule has 0 radical (unpaired) electrons. The van der Waals surface area contributed by atoms with Crippen LogP contribution in [0, 0.1) is 0 Å². The quantitative estimate of drug-likeness (QED) is 0.337. The maximum Gasteiger partial charge on any atom is 0.165 e. The zero-order valence-corrected chi connectivity index (χ0v) is 16.1.